The Balaban J connectivity index is 1.64. The molecule has 0 bridgehead atoms. The Hall–Kier alpha value is -2.50. The first-order valence-corrected chi connectivity index (χ1v) is 9.40. The maximum Gasteiger partial charge on any atom is 0.209 e. The van der Waals surface area contributed by atoms with E-state index in [1.54, 1.807) is 0 Å². The van der Waals surface area contributed by atoms with Crippen molar-refractivity contribution in [2.75, 3.05) is 5.75 Å². The Morgan fingerprint density at radius 1 is 1.32 bits per heavy atom. The number of carbonyl (C=O) groups excluding carboxylic acids is 1. The fourth-order valence-electron chi connectivity index (χ4n) is 2.14. The summed E-state index contributed by atoms with van der Waals surface area (Å²) in [4.78, 5) is 21.0. The number of aromatic amines is 1. The van der Waals surface area contributed by atoms with Crippen molar-refractivity contribution < 1.29 is 4.79 Å². The van der Waals surface area contributed by atoms with E-state index < -0.39 is 5.92 Å². The lowest BCUT2D eigenvalue weighted by Crippen LogP contribution is -2.13. The van der Waals surface area contributed by atoms with Gasteiger partial charge in [0.1, 0.15) is 5.01 Å². The molecule has 0 spiro atoms. The average molecular weight is 369 g/mol. The highest BCUT2D eigenvalue weighted by Gasteiger charge is 2.23. The first kappa shape index (κ1) is 17.3. The molecule has 2 heterocycles. The van der Waals surface area contributed by atoms with Crippen LogP contribution in [0.5, 0.6) is 0 Å². The van der Waals surface area contributed by atoms with Crippen molar-refractivity contribution in [1.82, 2.24) is 20.2 Å². The summed E-state index contributed by atoms with van der Waals surface area (Å²) in [5.41, 5.74) is 2.92. The Bertz CT molecular complexity index is 923. The van der Waals surface area contributed by atoms with Gasteiger partial charge in [-0.25, -0.2) is 9.97 Å². The predicted octanol–water partition coefficient (Wildman–Crippen LogP) is 3.51. The third-order valence-electron chi connectivity index (χ3n) is 3.47. The van der Waals surface area contributed by atoms with Crippen LogP contribution < -0.4 is 0 Å². The van der Waals surface area contributed by atoms with Crippen LogP contribution in [0.4, 0.5) is 0 Å². The highest BCUT2D eigenvalue weighted by Crippen LogP contribution is 2.24. The summed E-state index contributed by atoms with van der Waals surface area (Å²) in [7, 11) is 0. The number of hydrogen-bond donors (Lipinski definition) is 1. The number of hydrogen-bond acceptors (Lipinski definition) is 7. The molecule has 0 aliphatic carbocycles. The molecule has 0 aliphatic heterocycles. The molecule has 8 heteroatoms. The second-order valence-corrected chi connectivity index (χ2v) is 7.31. The van der Waals surface area contributed by atoms with E-state index >= 15 is 0 Å². The smallest absolute Gasteiger partial charge is 0.209 e. The van der Waals surface area contributed by atoms with Gasteiger partial charge < -0.3 is 0 Å². The molecule has 1 N–H and O–H groups in total. The van der Waals surface area contributed by atoms with Crippen LogP contribution in [-0.2, 0) is 4.79 Å². The zero-order chi connectivity index (χ0) is 17.8. The Kier molecular flexibility index (Phi) is 5.26. The van der Waals surface area contributed by atoms with Crippen molar-refractivity contribution in [3.05, 3.63) is 45.9 Å². The molecule has 6 nitrogen and oxygen atoms in total. The molecule has 0 aliphatic rings. The van der Waals surface area contributed by atoms with Gasteiger partial charge in [0, 0.05) is 16.6 Å². The number of benzene rings is 1. The van der Waals surface area contributed by atoms with E-state index in [4.69, 9.17) is 0 Å². The number of rotatable bonds is 6. The molecule has 25 heavy (non-hydrogen) atoms. The molecular weight excluding hydrogens is 354 g/mol. The van der Waals surface area contributed by atoms with Gasteiger partial charge in [-0.15, -0.1) is 16.4 Å². The fourth-order valence-corrected chi connectivity index (χ4v) is 3.71. The van der Waals surface area contributed by atoms with Crippen molar-refractivity contribution in [2.24, 2.45) is 0 Å². The van der Waals surface area contributed by atoms with E-state index in [1.165, 1.54) is 28.7 Å². The third-order valence-corrected chi connectivity index (χ3v) is 5.37. The standard InChI is InChI=1S/C17H15N5OS2/c1-10-3-5-12(6-4-10)15-20-17(22-21-15)25-9-14(23)13(7-18)16-19-11(2)8-24-16/h3-6,8,13H,9H2,1-2H3,(H,20,21,22)/t13-/m0/s1. The van der Waals surface area contributed by atoms with Gasteiger partial charge in [0.15, 0.2) is 17.5 Å². The molecule has 3 aromatic rings. The number of aromatic nitrogens is 4. The number of H-pyrrole nitrogens is 1. The molecule has 1 atom stereocenters. The first-order valence-electron chi connectivity index (χ1n) is 7.53. The maximum atomic E-state index is 12.3. The number of carbonyl (C=O) groups is 1. The third kappa shape index (κ3) is 4.13. The van der Waals surface area contributed by atoms with Crippen molar-refractivity contribution in [1.29, 1.82) is 5.26 Å². The number of ketones is 1. The lowest BCUT2D eigenvalue weighted by Gasteiger charge is -2.03. The number of Topliss-reactive ketones (excluding diaryl/α,β-unsaturated/α-hetero) is 1. The minimum absolute atomic E-state index is 0.127. The summed E-state index contributed by atoms with van der Waals surface area (Å²) in [5.74, 6) is -0.241. The van der Waals surface area contributed by atoms with Crippen LogP contribution in [0.1, 0.15) is 22.2 Å². The van der Waals surface area contributed by atoms with Crippen LogP contribution >= 0.6 is 23.1 Å². The number of nitriles is 1. The number of aryl methyl sites for hydroxylation is 2. The highest BCUT2D eigenvalue weighted by atomic mass is 32.2. The Morgan fingerprint density at radius 3 is 2.72 bits per heavy atom. The van der Waals surface area contributed by atoms with Gasteiger partial charge >= 0.3 is 0 Å². The fraction of sp³-hybridized carbons (Fsp3) is 0.235. The molecule has 0 unspecified atom stereocenters. The Labute approximate surface area is 153 Å². The second kappa shape index (κ2) is 7.59. The predicted molar refractivity (Wildman–Crippen MR) is 97.5 cm³/mol. The van der Waals surface area contributed by atoms with Gasteiger partial charge in [0.25, 0.3) is 0 Å². The minimum atomic E-state index is -0.832. The summed E-state index contributed by atoms with van der Waals surface area (Å²) in [6.45, 7) is 3.86. The van der Waals surface area contributed by atoms with Crippen LogP contribution in [0.2, 0.25) is 0 Å². The monoisotopic (exact) mass is 369 g/mol. The van der Waals surface area contributed by atoms with Gasteiger partial charge in [-0.1, -0.05) is 41.6 Å². The lowest BCUT2D eigenvalue weighted by molar-refractivity contribution is -0.116. The van der Waals surface area contributed by atoms with Crippen molar-refractivity contribution in [3.8, 4) is 17.5 Å². The summed E-state index contributed by atoms with van der Waals surface area (Å²) in [6.07, 6.45) is 0. The second-order valence-electron chi connectivity index (χ2n) is 5.48. The van der Waals surface area contributed by atoms with Crippen LogP contribution in [0.15, 0.2) is 34.8 Å². The molecule has 126 valence electrons. The molecule has 2 aromatic heterocycles. The molecule has 0 saturated carbocycles. The zero-order valence-electron chi connectivity index (χ0n) is 13.7. The summed E-state index contributed by atoms with van der Waals surface area (Å²) >= 11 is 2.55. The van der Waals surface area contributed by atoms with Crippen LogP contribution in [-0.4, -0.2) is 31.7 Å². The van der Waals surface area contributed by atoms with Gasteiger partial charge in [-0.05, 0) is 13.8 Å². The molecule has 0 amide bonds. The molecular formula is C17H15N5OS2. The topological polar surface area (TPSA) is 95.3 Å². The maximum absolute atomic E-state index is 12.3. The van der Waals surface area contributed by atoms with Crippen LogP contribution in [0, 0.1) is 25.2 Å². The van der Waals surface area contributed by atoms with Crippen LogP contribution in [0.3, 0.4) is 0 Å². The zero-order valence-corrected chi connectivity index (χ0v) is 15.3. The van der Waals surface area contributed by atoms with Gasteiger partial charge in [0.05, 0.1) is 11.8 Å². The van der Waals surface area contributed by atoms with Crippen LogP contribution in [0.25, 0.3) is 11.4 Å². The number of thioether (sulfide) groups is 1. The molecule has 1 aromatic carbocycles. The van der Waals surface area contributed by atoms with Crippen molar-refractivity contribution in [3.63, 3.8) is 0 Å². The average Bonchev–Trinajstić information content (AvgIpc) is 3.24. The lowest BCUT2D eigenvalue weighted by atomic mass is 10.1. The highest BCUT2D eigenvalue weighted by molar-refractivity contribution is 7.99. The number of nitrogens with one attached hydrogen (secondary N) is 1. The number of thiazole rings is 1. The summed E-state index contributed by atoms with van der Waals surface area (Å²) in [6, 6.07) is 9.97. The molecule has 3 rings (SSSR count). The summed E-state index contributed by atoms with van der Waals surface area (Å²) < 4.78 is 0. The minimum Gasteiger partial charge on any atom is -0.297 e. The van der Waals surface area contributed by atoms with Crippen molar-refractivity contribution >= 4 is 28.9 Å². The van der Waals surface area contributed by atoms with Gasteiger partial charge in [0.2, 0.25) is 5.16 Å². The van der Waals surface area contributed by atoms with Gasteiger partial charge in [-0.3, -0.25) is 9.89 Å². The summed E-state index contributed by atoms with van der Waals surface area (Å²) in [5, 5.41) is 19.1. The van der Waals surface area contributed by atoms with E-state index in [1.807, 2.05) is 49.6 Å². The molecule has 0 radical (unpaired) electrons. The SMILES string of the molecule is Cc1ccc(-c2nc(SCC(=O)[C@H](C#N)c3nc(C)cs3)n[nH]2)cc1. The molecule has 0 saturated heterocycles. The van der Waals surface area contributed by atoms with E-state index in [-0.39, 0.29) is 11.5 Å². The quantitative estimate of drug-likeness (QED) is 0.668. The first-order chi connectivity index (χ1) is 12.1. The normalized spacial score (nSPS) is 11.9. The van der Waals surface area contributed by atoms with Gasteiger partial charge in [-0.2, -0.15) is 5.26 Å². The molecule has 0 fully saturated rings. The largest absolute Gasteiger partial charge is 0.297 e. The van der Waals surface area contributed by atoms with Crippen molar-refractivity contribution in [2.45, 2.75) is 24.9 Å². The number of nitrogens with zero attached hydrogens (tertiary/aromatic N) is 4. The van der Waals surface area contributed by atoms with E-state index in [0.29, 0.717) is 16.0 Å². The van der Waals surface area contributed by atoms with E-state index in [2.05, 4.69) is 20.2 Å². The van der Waals surface area contributed by atoms with E-state index in [0.717, 1.165) is 11.3 Å². The van der Waals surface area contributed by atoms with E-state index in [9.17, 15) is 10.1 Å². The Morgan fingerprint density at radius 2 is 2.08 bits per heavy atom.